The van der Waals surface area contributed by atoms with Crippen LogP contribution in [0.2, 0.25) is 0 Å². The zero-order chi connectivity index (χ0) is 26.1. The number of anilines is 2. The molecule has 0 spiro atoms. The van der Waals surface area contributed by atoms with E-state index in [2.05, 4.69) is 15.6 Å². The fraction of sp³-hybridized carbons (Fsp3) is 0.400. The minimum Gasteiger partial charge on any atom is -0.480 e. The second-order valence-electron chi connectivity index (χ2n) is 8.99. The van der Waals surface area contributed by atoms with Crippen molar-refractivity contribution in [1.82, 2.24) is 9.38 Å². The zero-order valence-electron chi connectivity index (χ0n) is 20.6. The molecule has 0 saturated heterocycles. The van der Waals surface area contributed by atoms with Gasteiger partial charge in [-0.15, -0.1) is 0 Å². The van der Waals surface area contributed by atoms with Gasteiger partial charge in [-0.25, -0.2) is 9.78 Å². The van der Waals surface area contributed by atoms with E-state index in [9.17, 15) is 14.7 Å². The van der Waals surface area contributed by atoms with Gasteiger partial charge in [0, 0.05) is 17.4 Å². The molecule has 11 heteroatoms. The molecular weight excluding hydrogens is 468 g/mol. The van der Waals surface area contributed by atoms with Gasteiger partial charge >= 0.3 is 11.9 Å². The quantitative estimate of drug-likeness (QED) is 0.157. The van der Waals surface area contributed by atoms with Crippen molar-refractivity contribution in [1.29, 1.82) is 0 Å². The van der Waals surface area contributed by atoms with Crippen molar-refractivity contribution in [3.63, 3.8) is 0 Å². The standard InChI is InChI=1S/C25H32N4O7/c1-25(2,3)36-24(33)13-26-19-7-8-21-27-12-20(29(21)14-19)17-5-4-6-18(11-17)28-22(30)15-34-9-10-35-16-23(31)32/h4-8,11-12,14,22,26,28,30H,9-10,13,15-16H2,1-3H3,(H,31,32). The van der Waals surface area contributed by atoms with E-state index in [1.54, 1.807) is 6.20 Å². The van der Waals surface area contributed by atoms with Gasteiger partial charge < -0.3 is 35.1 Å². The Hall–Kier alpha value is -3.67. The van der Waals surface area contributed by atoms with Gasteiger partial charge in [-0.2, -0.15) is 0 Å². The summed E-state index contributed by atoms with van der Waals surface area (Å²) in [5.41, 5.74) is 3.31. The Balaban J connectivity index is 1.61. The van der Waals surface area contributed by atoms with Crippen LogP contribution in [0.3, 0.4) is 0 Å². The number of hydrogen-bond acceptors (Lipinski definition) is 9. The highest BCUT2D eigenvalue weighted by Gasteiger charge is 2.16. The normalized spacial score (nSPS) is 12.3. The number of esters is 1. The predicted molar refractivity (Wildman–Crippen MR) is 134 cm³/mol. The fourth-order valence-corrected chi connectivity index (χ4v) is 3.33. The van der Waals surface area contributed by atoms with Gasteiger partial charge in [-0.05, 0) is 45.0 Å². The molecule has 0 saturated carbocycles. The van der Waals surface area contributed by atoms with E-state index in [1.165, 1.54) is 0 Å². The fourth-order valence-electron chi connectivity index (χ4n) is 3.33. The molecule has 0 fully saturated rings. The number of hydrogen-bond donors (Lipinski definition) is 4. The van der Waals surface area contributed by atoms with Crippen LogP contribution in [0.15, 0.2) is 48.8 Å². The molecule has 194 valence electrons. The van der Waals surface area contributed by atoms with Crippen molar-refractivity contribution in [2.75, 3.05) is 43.6 Å². The third-order valence-corrected chi connectivity index (χ3v) is 4.73. The van der Waals surface area contributed by atoms with Gasteiger partial charge in [0.2, 0.25) is 0 Å². The molecular formula is C25H32N4O7. The lowest BCUT2D eigenvalue weighted by atomic mass is 10.1. The number of carboxylic acids is 1. The van der Waals surface area contributed by atoms with E-state index in [0.717, 1.165) is 22.6 Å². The summed E-state index contributed by atoms with van der Waals surface area (Å²) in [6, 6.07) is 11.2. The van der Waals surface area contributed by atoms with Gasteiger partial charge in [-0.1, -0.05) is 12.1 Å². The van der Waals surface area contributed by atoms with Crippen molar-refractivity contribution in [3.8, 4) is 11.3 Å². The number of benzene rings is 1. The number of ether oxygens (including phenoxy) is 3. The summed E-state index contributed by atoms with van der Waals surface area (Å²) in [6.07, 6.45) is 2.64. The van der Waals surface area contributed by atoms with Crippen LogP contribution >= 0.6 is 0 Å². The summed E-state index contributed by atoms with van der Waals surface area (Å²) in [4.78, 5) is 26.9. The third kappa shape index (κ3) is 8.52. The van der Waals surface area contributed by atoms with Crippen molar-refractivity contribution in [2.45, 2.75) is 32.6 Å². The first-order valence-electron chi connectivity index (χ1n) is 11.5. The minimum absolute atomic E-state index is 0.00293. The number of nitrogens with zero attached hydrogens (tertiary/aromatic N) is 2. The number of rotatable bonds is 13. The Bertz CT molecular complexity index is 1170. The highest BCUT2D eigenvalue weighted by molar-refractivity contribution is 5.76. The molecule has 0 radical (unpaired) electrons. The maximum Gasteiger partial charge on any atom is 0.329 e. The summed E-state index contributed by atoms with van der Waals surface area (Å²) in [6.45, 7) is 5.41. The van der Waals surface area contributed by atoms with Crippen LogP contribution < -0.4 is 10.6 Å². The largest absolute Gasteiger partial charge is 0.480 e. The van der Waals surface area contributed by atoms with Gasteiger partial charge in [-0.3, -0.25) is 9.20 Å². The van der Waals surface area contributed by atoms with Gasteiger partial charge in [0.05, 0.1) is 37.4 Å². The average molecular weight is 501 g/mol. The van der Waals surface area contributed by atoms with Crippen molar-refractivity contribution < 1.29 is 34.0 Å². The molecule has 0 bridgehead atoms. The molecule has 11 nitrogen and oxygen atoms in total. The number of aliphatic carboxylic acids is 1. The summed E-state index contributed by atoms with van der Waals surface area (Å²) in [7, 11) is 0. The lowest BCUT2D eigenvalue weighted by molar-refractivity contribution is -0.152. The molecule has 0 aliphatic heterocycles. The molecule has 3 aromatic rings. The predicted octanol–water partition coefficient (Wildman–Crippen LogP) is 2.60. The van der Waals surface area contributed by atoms with Crippen LogP contribution in [-0.2, 0) is 23.8 Å². The Morgan fingerprint density at radius 3 is 2.64 bits per heavy atom. The van der Waals surface area contributed by atoms with E-state index < -0.39 is 17.8 Å². The monoisotopic (exact) mass is 500 g/mol. The molecule has 0 aliphatic rings. The van der Waals surface area contributed by atoms with E-state index >= 15 is 0 Å². The molecule has 4 N–H and O–H groups in total. The third-order valence-electron chi connectivity index (χ3n) is 4.73. The lowest BCUT2D eigenvalue weighted by Gasteiger charge is -2.19. The number of aromatic nitrogens is 2. The number of fused-ring (bicyclic) bond motifs is 1. The van der Waals surface area contributed by atoms with Gasteiger partial charge in [0.15, 0.2) is 0 Å². The summed E-state index contributed by atoms with van der Waals surface area (Å²) in [5, 5.41) is 24.8. The number of carboxylic acid groups (broad SMARTS) is 1. The number of nitrogens with one attached hydrogen (secondary N) is 2. The van der Waals surface area contributed by atoms with Crippen molar-refractivity contribution in [2.24, 2.45) is 0 Å². The Morgan fingerprint density at radius 1 is 1.11 bits per heavy atom. The average Bonchev–Trinajstić information content (AvgIpc) is 3.22. The van der Waals surface area contributed by atoms with Crippen LogP contribution in [0.25, 0.3) is 16.9 Å². The highest BCUT2D eigenvalue weighted by atomic mass is 16.6. The van der Waals surface area contributed by atoms with Crippen molar-refractivity contribution >= 4 is 29.0 Å². The van der Waals surface area contributed by atoms with Crippen LogP contribution in [0.1, 0.15) is 20.8 Å². The van der Waals surface area contributed by atoms with Crippen LogP contribution in [0.4, 0.5) is 11.4 Å². The Morgan fingerprint density at radius 2 is 1.89 bits per heavy atom. The van der Waals surface area contributed by atoms with Gasteiger partial charge in [0.1, 0.15) is 30.6 Å². The van der Waals surface area contributed by atoms with Crippen LogP contribution in [-0.4, -0.2) is 76.3 Å². The van der Waals surface area contributed by atoms with Crippen LogP contribution in [0, 0.1) is 0 Å². The number of aliphatic hydroxyl groups is 1. The Kier molecular flexibility index (Phi) is 9.23. The number of pyridine rings is 1. The van der Waals surface area contributed by atoms with E-state index in [1.807, 2.05) is 67.8 Å². The van der Waals surface area contributed by atoms with E-state index in [0.29, 0.717) is 5.69 Å². The molecule has 1 aromatic carbocycles. The van der Waals surface area contributed by atoms with E-state index in [4.69, 9.17) is 19.3 Å². The SMILES string of the molecule is CC(C)(C)OC(=O)CNc1ccc2ncc(-c3cccc(NC(O)COCCOCC(=O)O)c3)n2c1. The second-order valence-corrected chi connectivity index (χ2v) is 8.99. The first-order valence-corrected chi connectivity index (χ1v) is 11.5. The topological polar surface area (TPSA) is 144 Å². The number of aliphatic hydroxyl groups excluding tert-OH is 1. The molecule has 36 heavy (non-hydrogen) atoms. The molecule has 0 amide bonds. The molecule has 2 heterocycles. The summed E-state index contributed by atoms with van der Waals surface area (Å²) >= 11 is 0. The number of carbonyl (C=O) groups excluding carboxylic acids is 1. The minimum atomic E-state index is -1.05. The Labute approximate surface area is 209 Å². The number of imidazole rings is 1. The summed E-state index contributed by atoms with van der Waals surface area (Å²) in [5.74, 6) is -1.39. The maximum atomic E-state index is 12.0. The van der Waals surface area contributed by atoms with E-state index in [-0.39, 0.29) is 38.9 Å². The van der Waals surface area contributed by atoms with Crippen molar-refractivity contribution in [3.05, 3.63) is 48.8 Å². The first-order chi connectivity index (χ1) is 17.1. The smallest absolute Gasteiger partial charge is 0.329 e. The number of carbonyl (C=O) groups is 2. The zero-order valence-corrected chi connectivity index (χ0v) is 20.6. The summed E-state index contributed by atoms with van der Waals surface area (Å²) < 4.78 is 17.4. The lowest BCUT2D eigenvalue weighted by Crippen LogP contribution is -2.28. The molecule has 1 atom stereocenters. The highest BCUT2D eigenvalue weighted by Crippen LogP contribution is 2.25. The molecule has 0 aliphatic carbocycles. The maximum absolute atomic E-state index is 12.0. The first kappa shape index (κ1) is 26.9. The molecule has 1 unspecified atom stereocenters. The molecule has 3 rings (SSSR count). The van der Waals surface area contributed by atoms with Crippen LogP contribution in [0.5, 0.6) is 0 Å². The van der Waals surface area contributed by atoms with Gasteiger partial charge in [0.25, 0.3) is 0 Å². The second kappa shape index (κ2) is 12.3. The molecule has 2 aromatic heterocycles.